The number of hydrogen-bond donors (Lipinski definition) is 3. The molecule has 0 saturated carbocycles. The molecule has 2 aromatic rings. The van der Waals surface area contributed by atoms with Gasteiger partial charge in [-0.2, -0.15) is 0 Å². The monoisotopic (exact) mass is 288 g/mol. The second-order valence-corrected chi connectivity index (χ2v) is 4.44. The van der Waals surface area contributed by atoms with Crippen LogP contribution in [0.1, 0.15) is 5.56 Å². The molecule has 20 heavy (non-hydrogen) atoms. The number of carbonyl (C=O) groups excluding carboxylic acids is 1. The smallest absolute Gasteiger partial charge is 0.323 e. The van der Waals surface area contributed by atoms with Crippen molar-refractivity contribution in [2.45, 2.75) is 0 Å². The van der Waals surface area contributed by atoms with E-state index in [0.717, 1.165) is 5.56 Å². The molecule has 2 aromatic carbocycles. The first kappa shape index (κ1) is 14.0. The standard InChI is InChI=1S/C15H13ClN2O2/c16-12-6-7-14(19)13(10-12)18-15(20)17-9-8-11-4-2-1-3-5-11/h1-10,19H,(H2,17,18,20)/b9-8+. The van der Waals surface area contributed by atoms with Gasteiger partial charge >= 0.3 is 6.03 Å². The maximum atomic E-state index is 11.6. The molecule has 3 N–H and O–H groups in total. The molecular formula is C15H13ClN2O2. The van der Waals surface area contributed by atoms with Crippen LogP contribution >= 0.6 is 11.6 Å². The minimum absolute atomic E-state index is 0.0448. The molecule has 0 radical (unpaired) electrons. The van der Waals surface area contributed by atoms with Crippen LogP contribution in [-0.2, 0) is 0 Å². The second-order valence-electron chi connectivity index (χ2n) is 4.00. The van der Waals surface area contributed by atoms with Crippen LogP contribution in [0.2, 0.25) is 5.02 Å². The van der Waals surface area contributed by atoms with Gasteiger partial charge in [-0.1, -0.05) is 41.9 Å². The lowest BCUT2D eigenvalue weighted by Gasteiger charge is -2.07. The van der Waals surface area contributed by atoms with E-state index < -0.39 is 6.03 Å². The number of benzene rings is 2. The van der Waals surface area contributed by atoms with Crippen molar-refractivity contribution in [2.75, 3.05) is 5.32 Å². The van der Waals surface area contributed by atoms with Crippen LogP contribution in [0.25, 0.3) is 6.08 Å². The van der Waals surface area contributed by atoms with Gasteiger partial charge in [0.25, 0.3) is 0 Å². The Morgan fingerprint density at radius 1 is 1.15 bits per heavy atom. The van der Waals surface area contributed by atoms with Crippen LogP contribution in [0.5, 0.6) is 5.75 Å². The Balaban J connectivity index is 1.93. The molecule has 0 bridgehead atoms. The zero-order valence-electron chi connectivity index (χ0n) is 10.5. The van der Waals surface area contributed by atoms with Gasteiger partial charge in [0.05, 0.1) is 5.69 Å². The highest BCUT2D eigenvalue weighted by Crippen LogP contribution is 2.26. The fraction of sp³-hybridized carbons (Fsp3) is 0. The highest BCUT2D eigenvalue weighted by atomic mass is 35.5. The number of phenols is 1. The lowest BCUT2D eigenvalue weighted by atomic mass is 10.2. The van der Waals surface area contributed by atoms with Gasteiger partial charge in [-0.25, -0.2) is 4.79 Å². The first-order valence-electron chi connectivity index (χ1n) is 5.93. The fourth-order valence-corrected chi connectivity index (χ4v) is 1.72. The topological polar surface area (TPSA) is 61.4 Å². The highest BCUT2D eigenvalue weighted by Gasteiger charge is 2.05. The van der Waals surface area contributed by atoms with Gasteiger partial charge in [-0.15, -0.1) is 0 Å². The summed E-state index contributed by atoms with van der Waals surface area (Å²) in [5.74, 6) is -0.0448. The molecule has 2 rings (SSSR count). The third-order valence-corrected chi connectivity index (χ3v) is 2.73. The van der Waals surface area contributed by atoms with Gasteiger partial charge < -0.3 is 15.7 Å². The normalized spacial score (nSPS) is 10.4. The predicted molar refractivity (Wildman–Crippen MR) is 80.7 cm³/mol. The van der Waals surface area contributed by atoms with Crippen molar-refractivity contribution >= 4 is 29.4 Å². The number of hydrogen-bond acceptors (Lipinski definition) is 2. The molecule has 0 atom stereocenters. The summed E-state index contributed by atoms with van der Waals surface area (Å²) in [5.41, 5.74) is 1.22. The molecule has 0 spiro atoms. The summed E-state index contributed by atoms with van der Waals surface area (Å²) in [7, 11) is 0. The van der Waals surface area contributed by atoms with Crippen molar-refractivity contribution < 1.29 is 9.90 Å². The minimum Gasteiger partial charge on any atom is -0.506 e. The van der Waals surface area contributed by atoms with Crippen molar-refractivity contribution in [3.63, 3.8) is 0 Å². The Morgan fingerprint density at radius 2 is 1.90 bits per heavy atom. The third-order valence-electron chi connectivity index (χ3n) is 2.50. The van der Waals surface area contributed by atoms with Gasteiger partial charge in [0.1, 0.15) is 5.75 Å². The van der Waals surface area contributed by atoms with Crippen LogP contribution in [-0.4, -0.2) is 11.1 Å². The van der Waals surface area contributed by atoms with E-state index in [0.29, 0.717) is 5.02 Å². The molecule has 0 aliphatic heterocycles. The summed E-state index contributed by atoms with van der Waals surface area (Å²) < 4.78 is 0. The number of aromatic hydroxyl groups is 1. The average molecular weight is 289 g/mol. The summed E-state index contributed by atoms with van der Waals surface area (Å²) in [6.07, 6.45) is 3.28. The Bertz CT molecular complexity index is 627. The third kappa shape index (κ3) is 4.03. The number of phenolic OH excluding ortho intramolecular Hbond substituents is 1. The van der Waals surface area contributed by atoms with E-state index in [2.05, 4.69) is 10.6 Å². The first-order chi connectivity index (χ1) is 9.65. The van der Waals surface area contributed by atoms with Crippen molar-refractivity contribution in [1.29, 1.82) is 0 Å². The molecule has 4 nitrogen and oxygen atoms in total. The van der Waals surface area contributed by atoms with E-state index >= 15 is 0 Å². The molecule has 0 saturated heterocycles. The fourth-order valence-electron chi connectivity index (χ4n) is 1.54. The Hall–Kier alpha value is -2.46. The second kappa shape index (κ2) is 6.63. The van der Waals surface area contributed by atoms with E-state index in [1.165, 1.54) is 24.4 Å². The average Bonchev–Trinajstić information content (AvgIpc) is 2.44. The van der Waals surface area contributed by atoms with Crippen LogP contribution < -0.4 is 10.6 Å². The Kier molecular flexibility index (Phi) is 4.63. The summed E-state index contributed by atoms with van der Waals surface area (Å²) in [6.45, 7) is 0. The maximum absolute atomic E-state index is 11.6. The molecule has 5 heteroatoms. The molecule has 0 aliphatic carbocycles. The molecule has 0 heterocycles. The van der Waals surface area contributed by atoms with Crippen molar-refractivity contribution in [2.24, 2.45) is 0 Å². The van der Waals surface area contributed by atoms with Gasteiger partial charge in [0.2, 0.25) is 0 Å². The lowest BCUT2D eigenvalue weighted by molar-refractivity contribution is 0.255. The minimum atomic E-state index is -0.463. The zero-order valence-corrected chi connectivity index (χ0v) is 11.3. The van der Waals surface area contributed by atoms with Crippen molar-refractivity contribution in [3.8, 4) is 5.75 Å². The van der Waals surface area contributed by atoms with E-state index in [4.69, 9.17) is 11.6 Å². The van der Waals surface area contributed by atoms with Gasteiger partial charge in [-0.3, -0.25) is 0 Å². The number of urea groups is 1. The Morgan fingerprint density at radius 3 is 2.65 bits per heavy atom. The van der Waals surface area contributed by atoms with Crippen molar-refractivity contribution in [1.82, 2.24) is 5.32 Å². The van der Waals surface area contributed by atoms with E-state index in [-0.39, 0.29) is 11.4 Å². The summed E-state index contributed by atoms with van der Waals surface area (Å²) in [4.78, 5) is 11.6. The maximum Gasteiger partial charge on any atom is 0.323 e. The predicted octanol–water partition coefficient (Wildman–Crippen LogP) is 3.84. The molecule has 0 aromatic heterocycles. The molecular weight excluding hydrogens is 276 g/mol. The summed E-state index contributed by atoms with van der Waals surface area (Å²) in [5, 5.41) is 15.0. The largest absolute Gasteiger partial charge is 0.506 e. The quantitative estimate of drug-likeness (QED) is 0.752. The summed E-state index contributed by atoms with van der Waals surface area (Å²) >= 11 is 5.79. The van der Waals surface area contributed by atoms with Gasteiger partial charge in [-0.05, 0) is 29.8 Å². The number of anilines is 1. The molecule has 0 unspecified atom stereocenters. The van der Waals surface area contributed by atoms with Gasteiger partial charge in [0, 0.05) is 11.2 Å². The first-order valence-corrected chi connectivity index (χ1v) is 6.30. The van der Waals surface area contributed by atoms with E-state index in [1.807, 2.05) is 30.3 Å². The molecule has 102 valence electrons. The lowest BCUT2D eigenvalue weighted by Crippen LogP contribution is -2.23. The van der Waals surface area contributed by atoms with Gasteiger partial charge in [0.15, 0.2) is 0 Å². The number of halogens is 1. The van der Waals surface area contributed by atoms with Crippen molar-refractivity contribution in [3.05, 3.63) is 65.3 Å². The SMILES string of the molecule is O=C(N/C=C/c1ccccc1)Nc1cc(Cl)ccc1O. The number of amides is 2. The molecule has 0 aliphatic rings. The highest BCUT2D eigenvalue weighted by molar-refractivity contribution is 6.31. The number of nitrogens with one attached hydrogen (secondary N) is 2. The van der Waals surface area contributed by atoms with Crippen LogP contribution in [0, 0.1) is 0 Å². The van der Waals surface area contributed by atoms with Crippen LogP contribution in [0.4, 0.5) is 10.5 Å². The number of carbonyl (C=O) groups is 1. The Labute approximate surface area is 121 Å². The summed E-state index contributed by atoms with van der Waals surface area (Å²) in [6, 6.07) is 13.5. The molecule has 2 amide bonds. The number of rotatable bonds is 3. The van der Waals surface area contributed by atoms with E-state index in [1.54, 1.807) is 6.08 Å². The molecule has 0 fully saturated rings. The zero-order chi connectivity index (χ0) is 14.4. The van der Waals surface area contributed by atoms with E-state index in [9.17, 15) is 9.90 Å². The van der Waals surface area contributed by atoms with Crippen LogP contribution in [0.3, 0.4) is 0 Å². The van der Waals surface area contributed by atoms with Crippen LogP contribution in [0.15, 0.2) is 54.7 Å².